The second kappa shape index (κ2) is 14.3. The summed E-state index contributed by atoms with van der Waals surface area (Å²) in [5.41, 5.74) is 0. The van der Waals surface area contributed by atoms with Crippen molar-refractivity contribution in [3.8, 4) is 0 Å². The third-order valence-electron chi connectivity index (χ3n) is 5.13. The summed E-state index contributed by atoms with van der Waals surface area (Å²) in [5.74, 6) is 2.91. The van der Waals surface area contributed by atoms with Crippen molar-refractivity contribution in [3.63, 3.8) is 0 Å². The van der Waals surface area contributed by atoms with Crippen LogP contribution in [0, 0.1) is 17.8 Å². The zero-order chi connectivity index (χ0) is 19.2. The summed E-state index contributed by atoms with van der Waals surface area (Å²) in [6.07, 6.45) is 7.16. The molecule has 1 aliphatic rings. The fraction of sp³-hybridized carbons (Fsp3) is 0.952. The molecule has 0 aromatic carbocycles. The number of nitrogens with zero attached hydrogens (tertiary/aromatic N) is 2. The van der Waals surface area contributed by atoms with Crippen molar-refractivity contribution < 1.29 is 5.11 Å². The lowest BCUT2D eigenvalue weighted by atomic mass is 9.94. The molecule has 0 bridgehead atoms. The lowest BCUT2D eigenvalue weighted by Gasteiger charge is -2.30. The quantitative estimate of drug-likeness (QED) is 0.281. The third-order valence-corrected chi connectivity index (χ3v) is 5.13. The first-order valence-corrected chi connectivity index (χ1v) is 10.9. The maximum atomic E-state index is 9.26. The predicted octanol–water partition coefficient (Wildman–Crippen LogP) is 3.10. The van der Waals surface area contributed by atoms with Gasteiger partial charge >= 0.3 is 0 Å². The average molecular weight is 369 g/mol. The highest BCUT2D eigenvalue weighted by molar-refractivity contribution is 5.79. The highest BCUT2D eigenvalue weighted by Crippen LogP contribution is 2.16. The minimum Gasteiger partial charge on any atom is -0.396 e. The Hall–Kier alpha value is -0.810. The van der Waals surface area contributed by atoms with Crippen LogP contribution in [-0.2, 0) is 0 Å². The monoisotopic (exact) mass is 368 g/mol. The number of unbranched alkanes of at least 4 members (excludes halogenated alkanes) is 1. The van der Waals surface area contributed by atoms with Crippen LogP contribution in [0.3, 0.4) is 0 Å². The minimum absolute atomic E-state index is 0.256. The molecule has 0 radical (unpaired) electrons. The van der Waals surface area contributed by atoms with E-state index in [1.54, 1.807) is 0 Å². The van der Waals surface area contributed by atoms with Crippen molar-refractivity contribution in [3.05, 3.63) is 0 Å². The van der Waals surface area contributed by atoms with Crippen LogP contribution in [-0.4, -0.2) is 61.8 Å². The highest BCUT2D eigenvalue weighted by Gasteiger charge is 2.15. The summed E-state index contributed by atoms with van der Waals surface area (Å²) >= 11 is 0. The zero-order valence-electron chi connectivity index (χ0n) is 17.8. The maximum Gasteiger partial charge on any atom is 0.191 e. The lowest BCUT2D eigenvalue weighted by molar-refractivity contribution is 0.181. The summed E-state index contributed by atoms with van der Waals surface area (Å²) in [5, 5.41) is 16.1. The molecule has 0 spiro atoms. The molecule has 0 amide bonds. The van der Waals surface area contributed by atoms with Gasteiger partial charge < -0.3 is 20.6 Å². The Morgan fingerprint density at radius 2 is 2.08 bits per heavy atom. The van der Waals surface area contributed by atoms with E-state index in [0.29, 0.717) is 11.8 Å². The predicted molar refractivity (Wildman–Crippen MR) is 113 cm³/mol. The van der Waals surface area contributed by atoms with Gasteiger partial charge in [0, 0.05) is 32.8 Å². The first kappa shape index (κ1) is 23.2. The molecule has 26 heavy (non-hydrogen) atoms. The van der Waals surface area contributed by atoms with Gasteiger partial charge in [-0.15, -0.1) is 0 Å². The average Bonchev–Trinajstić information content (AvgIpc) is 2.59. The standard InChI is InChI=1S/C21H44N4O/c1-5-22-21(24-16-20(10-14-26)15-18(2)3)23-11-6-7-12-25-13-8-9-19(4)17-25/h18-20,26H,5-17H2,1-4H3,(H2,22,23,24). The molecule has 0 aromatic rings. The number of guanidine groups is 1. The van der Waals surface area contributed by atoms with Gasteiger partial charge in [0.05, 0.1) is 0 Å². The Morgan fingerprint density at radius 3 is 2.73 bits per heavy atom. The number of likely N-dealkylation sites (tertiary alicyclic amines) is 1. The van der Waals surface area contributed by atoms with Gasteiger partial charge in [-0.25, -0.2) is 0 Å². The van der Waals surface area contributed by atoms with E-state index in [4.69, 9.17) is 4.99 Å². The molecule has 1 fully saturated rings. The molecule has 154 valence electrons. The Morgan fingerprint density at radius 1 is 1.27 bits per heavy atom. The molecule has 3 N–H and O–H groups in total. The van der Waals surface area contributed by atoms with E-state index < -0.39 is 0 Å². The van der Waals surface area contributed by atoms with Crippen LogP contribution in [0.2, 0.25) is 0 Å². The van der Waals surface area contributed by atoms with E-state index in [-0.39, 0.29) is 6.61 Å². The second-order valence-corrected chi connectivity index (χ2v) is 8.41. The van der Waals surface area contributed by atoms with Crippen molar-refractivity contribution in [1.82, 2.24) is 15.5 Å². The maximum absolute atomic E-state index is 9.26. The number of aliphatic hydroxyl groups excluding tert-OH is 1. The Bertz CT molecular complexity index is 373. The van der Waals surface area contributed by atoms with Crippen LogP contribution < -0.4 is 10.6 Å². The minimum atomic E-state index is 0.256. The molecule has 2 unspecified atom stereocenters. The molecule has 1 aliphatic heterocycles. The molecular formula is C21H44N4O. The first-order valence-electron chi connectivity index (χ1n) is 10.9. The fourth-order valence-electron chi connectivity index (χ4n) is 3.85. The molecule has 0 aromatic heterocycles. The SMILES string of the molecule is CCNC(=NCC(CCO)CC(C)C)NCCCCN1CCCC(C)C1. The van der Waals surface area contributed by atoms with Crippen LogP contribution in [0.1, 0.15) is 66.2 Å². The third kappa shape index (κ3) is 11.0. The summed E-state index contributed by atoms with van der Waals surface area (Å²) in [6.45, 7) is 15.6. The van der Waals surface area contributed by atoms with E-state index in [1.165, 1.54) is 45.3 Å². The van der Waals surface area contributed by atoms with E-state index in [9.17, 15) is 5.11 Å². The number of rotatable bonds is 12. The van der Waals surface area contributed by atoms with Crippen LogP contribution in [0.5, 0.6) is 0 Å². The van der Waals surface area contributed by atoms with E-state index >= 15 is 0 Å². The van der Waals surface area contributed by atoms with Gasteiger partial charge in [0.25, 0.3) is 0 Å². The molecule has 5 heteroatoms. The van der Waals surface area contributed by atoms with Gasteiger partial charge in [-0.1, -0.05) is 20.8 Å². The van der Waals surface area contributed by atoms with Crippen molar-refractivity contribution in [1.29, 1.82) is 0 Å². The number of piperidine rings is 1. The van der Waals surface area contributed by atoms with E-state index in [1.807, 2.05) is 0 Å². The van der Waals surface area contributed by atoms with Gasteiger partial charge in [-0.2, -0.15) is 0 Å². The molecule has 1 heterocycles. The largest absolute Gasteiger partial charge is 0.396 e. The first-order chi connectivity index (χ1) is 12.5. The molecule has 0 aliphatic carbocycles. The summed E-state index contributed by atoms with van der Waals surface area (Å²) in [4.78, 5) is 7.38. The summed E-state index contributed by atoms with van der Waals surface area (Å²) < 4.78 is 0. The molecule has 0 saturated carbocycles. The van der Waals surface area contributed by atoms with Gasteiger partial charge in [0.15, 0.2) is 5.96 Å². The van der Waals surface area contributed by atoms with Gasteiger partial charge in [0.2, 0.25) is 0 Å². The van der Waals surface area contributed by atoms with Gasteiger partial charge in [-0.3, -0.25) is 4.99 Å². The highest BCUT2D eigenvalue weighted by atomic mass is 16.3. The number of aliphatic hydroxyl groups is 1. The fourth-order valence-corrected chi connectivity index (χ4v) is 3.85. The lowest BCUT2D eigenvalue weighted by Crippen LogP contribution is -2.39. The van der Waals surface area contributed by atoms with Crippen molar-refractivity contribution >= 4 is 5.96 Å². The normalized spacial score (nSPS) is 20.4. The Labute approximate surface area is 162 Å². The smallest absolute Gasteiger partial charge is 0.191 e. The number of aliphatic imine (C=N–C) groups is 1. The molecule has 2 atom stereocenters. The topological polar surface area (TPSA) is 59.9 Å². The second-order valence-electron chi connectivity index (χ2n) is 8.41. The van der Waals surface area contributed by atoms with Gasteiger partial charge in [0.1, 0.15) is 0 Å². The van der Waals surface area contributed by atoms with E-state index in [2.05, 4.69) is 43.2 Å². The van der Waals surface area contributed by atoms with Crippen LogP contribution in [0.25, 0.3) is 0 Å². The van der Waals surface area contributed by atoms with Gasteiger partial charge in [-0.05, 0) is 76.3 Å². The zero-order valence-corrected chi connectivity index (χ0v) is 17.8. The van der Waals surface area contributed by atoms with Crippen molar-refractivity contribution in [2.24, 2.45) is 22.7 Å². The molecule has 1 rings (SSSR count). The van der Waals surface area contributed by atoms with Crippen LogP contribution in [0.4, 0.5) is 0 Å². The molecule has 1 saturated heterocycles. The number of hydrogen-bond acceptors (Lipinski definition) is 3. The van der Waals surface area contributed by atoms with Crippen molar-refractivity contribution in [2.75, 3.05) is 45.9 Å². The Kier molecular flexibility index (Phi) is 12.8. The number of hydrogen-bond donors (Lipinski definition) is 3. The summed E-state index contributed by atoms with van der Waals surface area (Å²) in [7, 11) is 0. The summed E-state index contributed by atoms with van der Waals surface area (Å²) in [6, 6.07) is 0. The van der Waals surface area contributed by atoms with Crippen LogP contribution in [0.15, 0.2) is 4.99 Å². The van der Waals surface area contributed by atoms with Crippen LogP contribution >= 0.6 is 0 Å². The van der Waals surface area contributed by atoms with E-state index in [0.717, 1.165) is 44.4 Å². The number of nitrogens with one attached hydrogen (secondary N) is 2. The Balaban J connectivity index is 2.27. The molecule has 5 nitrogen and oxygen atoms in total. The van der Waals surface area contributed by atoms with Crippen molar-refractivity contribution in [2.45, 2.75) is 66.2 Å². The molecular weight excluding hydrogens is 324 g/mol.